The van der Waals surface area contributed by atoms with Crippen LogP contribution in [0.5, 0.6) is 0 Å². The lowest BCUT2D eigenvalue weighted by Gasteiger charge is -2.22. The number of H-pyrrole nitrogens is 1. The predicted molar refractivity (Wildman–Crippen MR) is 87.2 cm³/mol. The van der Waals surface area contributed by atoms with Crippen LogP contribution in [0, 0.1) is 11.3 Å². The summed E-state index contributed by atoms with van der Waals surface area (Å²) in [6.07, 6.45) is 5.23. The number of hydrogen-bond donors (Lipinski definition) is 1. The summed E-state index contributed by atoms with van der Waals surface area (Å²) in [7, 11) is 0. The van der Waals surface area contributed by atoms with Crippen molar-refractivity contribution in [2.45, 2.75) is 24.7 Å². The van der Waals surface area contributed by atoms with Gasteiger partial charge in [-0.15, -0.1) is 0 Å². The second-order valence-corrected chi connectivity index (χ2v) is 6.13. The number of nitrogens with one attached hydrogen (secondary N) is 1. The molecule has 102 valence electrons. The minimum atomic E-state index is -0.134. The van der Waals surface area contributed by atoms with Crippen LogP contribution in [-0.4, -0.2) is 16.1 Å². The summed E-state index contributed by atoms with van der Waals surface area (Å²) in [6.45, 7) is 0. The quantitative estimate of drug-likeness (QED) is 0.805. The maximum atomic E-state index is 8.94. The molecule has 1 N–H and O–H groups in total. The molecule has 2 aliphatic rings. The molecule has 1 aromatic carbocycles. The predicted octanol–water partition coefficient (Wildman–Crippen LogP) is 4.06. The van der Waals surface area contributed by atoms with Crippen LogP contribution in [0.3, 0.4) is 0 Å². The Morgan fingerprint density at radius 2 is 2.19 bits per heavy atom. The van der Waals surface area contributed by atoms with Gasteiger partial charge in [0.15, 0.2) is 0 Å². The minimum absolute atomic E-state index is 0.134. The van der Waals surface area contributed by atoms with Gasteiger partial charge in [-0.2, -0.15) is 5.26 Å². The molecule has 0 saturated heterocycles. The molecule has 21 heavy (non-hydrogen) atoms. The molecule has 4 rings (SSSR count). The average Bonchev–Trinajstić information content (AvgIpc) is 3.20. The van der Waals surface area contributed by atoms with Crippen molar-refractivity contribution in [3.05, 3.63) is 41.6 Å². The largest absolute Gasteiger partial charge is 0.346 e. The summed E-state index contributed by atoms with van der Waals surface area (Å²) in [4.78, 5) is 8.79. The van der Waals surface area contributed by atoms with Gasteiger partial charge in [0.1, 0.15) is 11.8 Å². The van der Waals surface area contributed by atoms with Gasteiger partial charge in [-0.25, -0.2) is 0 Å². The Morgan fingerprint density at radius 1 is 1.29 bits per heavy atom. The Balaban J connectivity index is 1.84. The third kappa shape index (κ3) is 1.71. The number of aliphatic imine (C=N–C) groups is 1. The van der Waals surface area contributed by atoms with E-state index in [1.807, 2.05) is 24.4 Å². The van der Waals surface area contributed by atoms with E-state index in [0.717, 1.165) is 41.1 Å². The summed E-state index contributed by atoms with van der Waals surface area (Å²) < 4.78 is 0. The Hall–Kier alpha value is -2.25. The normalized spacial score (nSPS) is 22.7. The van der Waals surface area contributed by atoms with E-state index in [0.29, 0.717) is 5.69 Å². The standard InChI is InChI=1S/C17H13N3S/c18-9-12-4-6-14(20-12)11-3-5-15-13(8-11)17(10-19-15)7-1-2-16(17)21/h3-6,8,10,20H,1-2,7H2. The summed E-state index contributed by atoms with van der Waals surface area (Å²) in [5.41, 5.74) is 4.72. The molecule has 1 aliphatic heterocycles. The van der Waals surface area contributed by atoms with E-state index in [4.69, 9.17) is 17.5 Å². The zero-order valence-electron chi connectivity index (χ0n) is 11.4. The van der Waals surface area contributed by atoms with Gasteiger partial charge in [0.2, 0.25) is 0 Å². The number of nitriles is 1. The second-order valence-electron chi connectivity index (χ2n) is 5.64. The fourth-order valence-corrected chi connectivity index (χ4v) is 3.77. The van der Waals surface area contributed by atoms with Crippen LogP contribution >= 0.6 is 12.2 Å². The highest BCUT2D eigenvalue weighted by atomic mass is 32.1. The summed E-state index contributed by atoms with van der Waals surface area (Å²) in [6, 6.07) is 12.1. The van der Waals surface area contributed by atoms with Gasteiger partial charge in [-0.05, 0) is 54.7 Å². The van der Waals surface area contributed by atoms with Crippen LogP contribution < -0.4 is 0 Å². The highest BCUT2D eigenvalue weighted by molar-refractivity contribution is 7.80. The lowest BCUT2D eigenvalue weighted by Crippen LogP contribution is -2.28. The number of aromatic nitrogens is 1. The van der Waals surface area contributed by atoms with E-state index >= 15 is 0 Å². The van der Waals surface area contributed by atoms with E-state index in [2.05, 4.69) is 22.1 Å². The third-order valence-electron chi connectivity index (χ3n) is 4.49. The molecular weight excluding hydrogens is 278 g/mol. The molecule has 1 atom stereocenters. The first-order chi connectivity index (χ1) is 10.2. The van der Waals surface area contributed by atoms with Crippen molar-refractivity contribution in [1.29, 1.82) is 5.26 Å². The number of thiocarbonyl (C=S) groups is 1. The topological polar surface area (TPSA) is 51.9 Å². The van der Waals surface area contributed by atoms with Crippen LogP contribution in [0.1, 0.15) is 30.5 Å². The molecule has 1 unspecified atom stereocenters. The first kappa shape index (κ1) is 12.5. The highest BCUT2D eigenvalue weighted by Crippen LogP contribution is 2.47. The molecule has 3 nitrogen and oxygen atoms in total. The fourth-order valence-electron chi connectivity index (χ4n) is 3.36. The van der Waals surface area contributed by atoms with Crippen LogP contribution in [0.2, 0.25) is 0 Å². The first-order valence-corrected chi connectivity index (χ1v) is 7.46. The number of benzene rings is 1. The molecule has 2 aromatic rings. The van der Waals surface area contributed by atoms with Crippen molar-refractivity contribution in [2.75, 3.05) is 0 Å². The van der Waals surface area contributed by atoms with Crippen LogP contribution in [-0.2, 0) is 5.41 Å². The summed E-state index contributed by atoms with van der Waals surface area (Å²) in [5, 5.41) is 8.94. The molecule has 1 fully saturated rings. The van der Waals surface area contributed by atoms with Gasteiger partial charge in [-0.3, -0.25) is 4.99 Å². The van der Waals surface area contributed by atoms with Crippen molar-refractivity contribution in [3.8, 4) is 17.3 Å². The Bertz CT molecular complexity index is 825. The van der Waals surface area contributed by atoms with Crippen LogP contribution in [0.15, 0.2) is 35.3 Å². The highest BCUT2D eigenvalue weighted by Gasteiger charge is 2.43. The van der Waals surface area contributed by atoms with E-state index in [1.165, 1.54) is 5.56 Å². The molecule has 0 amide bonds. The first-order valence-electron chi connectivity index (χ1n) is 7.05. The molecule has 2 heterocycles. The zero-order valence-corrected chi connectivity index (χ0v) is 12.2. The zero-order chi connectivity index (χ0) is 14.4. The molecule has 1 spiro atoms. The molecule has 0 radical (unpaired) electrons. The monoisotopic (exact) mass is 291 g/mol. The third-order valence-corrected chi connectivity index (χ3v) is 5.06. The molecule has 4 heteroatoms. The van der Waals surface area contributed by atoms with E-state index in [-0.39, 0.29) is 5.41 Å². The number of nitrogens with zero attached hydrogens (tertiary/aromatic N) is 2. The van der Waals surface area contributed by atoms with Crippen molar-refractivity contribution in [1.82, 2.24) is 4.98 Å². The SMILES string of the molecule is N#Cc1ccc(-c2ccc3c(c2)C2(C=N3)CCCC2=S)[nH]1. The van der Waals surface area contributed by atoms with Gasteiger partial charge in [-0.1, -0.05) is 18.3 Å². The maximum absolute atomic E-state index is 8.94. The number of hydrogen-bond acceptors (Lipinski definition) is 3. The van der Waals surface area contributed by atoms with E-state index in [1.54, 1.807) is 6.07 Å². The average molecular weight is 291 g/mol. The van der Waals surface area contributed by atoms with Gasteiger partial charge in [0.25, 0.3) is 0 Å². The summed E-state index contributed by atoms with van der Waals surface area (Å²) in [5.74, 6) is 0. The van der Waals surface area contributed by atoms with Gasteiger partial charge >= 0.3 is 0 Å². The second kappa shape index (κ2) is 4.37. The lowest BCUT2D eigenvalue weighted by molar-refractivity contribution is 0.742. The Labute approximate surface area is 128 Å². The molecular formula is C17H13N3S. The molecule has 1 aliphatic carbocycles. The van der Waals surface area contributed by atoms with Crippen molar-refractivity contribution < 1.29 is 0 Å². The van der Waals surface area contributed by atoms with E-state index < -0.39 is 0 Å². The number of fused-ring (bicyclic) bond motifs is 2. The van der Waals surface area contributed by atoms with Crippen LogP contribution in [0.25, 0.3) is 11.3 Å². The lowest BCUT2D eigenvalue weighted by atomic mass is 9.80. The van der Waals surface area contributed by atoms with Crippen molar-refractivity contribution in [2.24, 2.45) is 4.99 Å². The smallest absolute Gasteiger partial charge is 0.118 e. The Morgan fingerprint density at radius 3 is 2.90 bits per heavy atom. The maximum Gasteiger partial charge on any atom is 0.118 e. The molecule has 1 saturated carbocycles. The number of rotatable bonds is 1. The van der Waals surface area contributed by atoms with Gasteiger partial charge < -0.3 is 4.98 Å². The van der Waals surface area contributed by atoms with Gasteiger partial charge in [0.05, 0.1) is 11.1 Å². The van der Waals surface area contributed by atoms with Gasteiger partial charge in [0, 0.05) is 16.8 Å². The van der Waals surface area contributed by atoms with E-state index in [9.17, 15) is 0 Å². The van der Waals surface area contributed by atoms with Crippen LogP contribution in [0.4, 0.5) is 5.69 Å². The Kier molecular flexibility index (Phi) is 2.60. The van der Waals surface area contributed by atoms with Crippen molar-refractivity contribution in [3.63, 3.8) is 0 Å². The van der Waals surface area contributed by atoms with Crippen molar-refractivity contribution >= 4 is 29.0 Å². The molecule has 1 aromatic heterocycles. The molecule has 0 bridgehead atoms. The fraction of sp³-hybridized carbons (Fsp3) is 0.235. The summed E-state index contributed by atoms with van der Waals surface area (Å²) >= 11 is 5.61. The minimum Gasteiger partial charge on any atom is -0.346 e. The number of aromatic amines is 1.